The first kappa shape index (κ1) is 16.7. The van der Waals surface area contributed by atoms with Crippen molar-refractivity contribution >= 4 is 5.78 Å². The van der Waals surface area contributed by atoms with Crippen molar-refractivity contribution in [3.05, 3.63) is 11.6 Å². The predicted octanol–water partition coefficient (Wildman–Crippen LogP) is 3.33. The summed E-state index contributed by atoms with van der Waals surface area (Å²) in [5, 5.41) is 21.9. The van der Waals surface area contributed by atoms with Gasteiger partial charge in [-0.15, -0.1) is 0 Å². The third kappa shape index (κ3) is 1.72. The summed E-state index contributed by atoms with van der Waals surface area (Å²) >= 11 is 0. The molecule has 4 rings (SSSR count). The number of ketones is 1. The maximum Gasteiger partial charge on any atom is 0.155 e. The van der Waals surface area contributed by atoms with Crippen molar-refractivity contribution in [2.45, 2.75) is 83.1 Å². The summed E-state index contributed by atoms with van der Waals surface area (Å²) in [6.45, 7) is 5.79. The van der Waals surface area contributed by atoms with Gasteiger partial charge in [0.2, 0.25) is 0 Å². The Morgan fingerprint density at radius 1 is 1.12 bits per heavy atom. The van der Waals surface area contributed by atoms with Gasteiger partial charge in [0, 0.05) is 23.2 Å². The second kappa shape index (κ2) is 4.70. The lowest BCUT2D eigenvalue weighted by molar-refractivity contribution is -0.225. The van der Waals surface area contributed by atoms with E-state index < -0.39 is 28.2 Å². The summed E-state index contributed by atoms with van der Waals surface area (Å²) in [6, 6.07) is 0. The van der Waals surface area contributed by atoms with E-state index in [4.69, 9.17) is 0 Å². The van der Waals surface area contributed by atoms with E-state index in [-0.39, 0.29) is 17.6 Å². The van der Waals surface area contributed by atoms with E-state index >= 15 is 4.39 Å². The van der Waals surface area contributed by atoms with Gasteiger partial charge in [0.05, 0.1) is 11.7 Å². The normalized spacial score (nSPS) is 57.0. The molecule has 0 aromatic heterocycles. The largest absolute Gasteiger partial charge is 0.390 e. The Morgan fingerprint density at radius 2 is 1.83 bits per heavy atom. The third-order valence-corrected chi connectivity index (χ3v) is 8.60. The molecule has 0 aromatic rings. The molecule has 134 valence electrons. The highest BCUT2D eigenvalue weighted by Gasteiger charge is 2.72. The Kier molecular flexibility index (Phi) is 3.27. The molecule has 0 aromatic carbocycles. The number of carbonyl (C=O) groups is 1. The standard InChI is InChI=1S/C20H29FO3/c1-17-8-6-13(22)10-12(17)4-5-15-14-7-9-19(3,24)18(14,2)11-16(23)20(15,17)21/h10,14-16,23-24H,4-9,11H2,1-3H3/t14?,15?,16?,17?,18?,19-,20+/m1/s1. The molecule has 0 saturated heterocycles. The Hall–Kier alpha value is -0.740. The van der Waals surface area contributed by atoms with E-state index in [2.05, 4.69) is 0 Å². The molecule has 0 radical (unpaired) electrons. The number of aliphatic hydroxyl groups is 2. The van der Waals surface area contributed by atoms with E-state index in [1.165, 1.54) is 0 Å². The number of halogens is 1. The Bertz CT molecular complexity index is 626. The molecule has 24 heavy (non-hydrogen) atoms. The molecule has 0 amide bonds. The average Bonchev–Trinajstić information content (AvgIpc) is 2.72. The Balaban J connectivity index is 1.82. The fraction of sp³-hybridized carbons (Fsp3) is 0.850. The van der Waals surface area contributed by atoms with Crippen LogP contribution in [0.4, 0.5) is 4.39 Å². The lowest BCUT2D eigenvalue weighted by atomic mass is 9.44. The quantitative estimate of drug-likeness (QED) is 0.713. The zero-order valence-corrected chi connectivity index (χ0v) is 14.9. The van der Waals surface area contributed by atoms with Gasteiger partial charge in [-0.3, -0.25) is 4.79 Å². The second-order valence-corrected chi connectivity index (χ2v) is 9.44. The van der Waals surface area contributed by atoms with Crippen molar-refractivity contribution in [3.8, 4) is 0 Å². The molecule has 0 heterocycles. The van der Waals surface area contributed by atoms with E-state index in [1.54, 1.807) is 6.08 Å². The molecule has 0 aliphatic heterocycles. The predicted molar refractivity (Wildman–Crippen MR) is 89.1 cm³/mol. The number of hydrogen-bond donors (Lipinski definition) is 2. The summed E-state index contributed by atoms with van der Waals surface area (Å²) < 4.78 is 16.6. The van der Waals surface area contributed by atoms with Crippen molar-refractivity contribution in [1.82, 2.24) is 0 Å². The van der Waals surface area contributed by atoms with Crippen molar-refractivity contribution in [2.75, 3.05) is 0 Å². The van der Waals surface area contributed by atoms with Crippen LogP contribution in [0.15, 0.2) is 11.6 Å². The number of carbonyl (C=O) groups excluding carboxylic acids is 1. The molecule has 0 spiro atoms. The van der Waals surface area contributed by atoms with Gasteiger partial charge in [0.1, 0.15) is 5.67 Å². The molecule has 4 heteroatoms. The molecule has 5 unspecified atom stereocenters. The van der Waals surface area contributed by atoms with Gasteiger partial charge in [-0.2, -0.15) is 0 Å². The first-order valence-corrected chi connectivity index (χ1v) is 9.39. The van der Waals surface area contributed by atoms with Gasteiger partial charge < -0.3 is 10.2 Å². The fourth-order valence-electron chi connectivity index (χ4n) is 6.79. The first-order valence-electron chi connectivity index (χ1n) is 9.39. The maximum atomic E-state index is 16.6. The number of fused-ring (bicyclic) bond motifs is 5. The molecule has 4 aliphatic carbocycles. The van der Waals surface area contributed by atoms with Crippen LogP contribution in [0.25, 0.3) is 0 Å². The molecule has 3 nitrogen and oxygen atoms in total. The zero-order chi connectivity index (χ0) is 17.5. The summed E-state index contributed by atoms with van der Waals surface area (Å²) in [5.41, 5.74) is -2.83. The number of rotatable bonds is 0. The van der Waals surface area contributed by atoms with Crippen LogP contribution in [-0.2, 0) is 4.79 Å². The van der Waals surface area contributed by atoms with Crippen LogP contribution in [0, 0.1) is 22.7 Å². The highest BCUT2D eigenvalue weighted by Crippen LogP contribution is 2.70. The number of alkyl halides is 1. The molecule has 0 bridgehead atoms. The molecule has 3 fully saturated rings. The highest BCUT2D eigenvalue weighted by molar-refractivity contribution is 5.91. The first-order chi connectivity index (χ1) is 11.1. The minimum Gasteiger partial charge on any atom is -0.390 e. The van der Waals surface area contributed by atoms with Crippen molar-refractivity contribution in [1.29, 1.82) is 0 Å². The second-order valence-electron chi connectivity index (χ2n) is 9.44. The number of hydrogen-bond acceptors (Lipinski definition) is 3. The molecular weight excluding hydrogens is 307 g/mol. The molecule has 3 saturated carbocycles. The van der Waals surface area contributed by atoms with E-state index in [0.29, 0.717) is 32.1 Å². The van der Waals surface area contributed by atoms with E-state index in [1.807, 2.05) is 20.8 Å². The summed E-state index contributed by atoms with van der Waals surface area (Å²) in [5.74, 6) is -0.0593. The van der Waals surface area contributed by atoms with E-state index in [9.17, 15) is 15.0 Å². The number of aliphatic hydroxyl groups excluding tert-OH is 1. The lowest BCUT2D eigenvalue weighted by Crippen LogP contribution is -2.68. The van der Waals surface area contributed by atoms with Gasteiger partial charge >= 0.3 is 0 Å². The van der Waals surface area contributed by atoms with Crippen LogP contribution in [0.3, 0.4) is 0 Å². The smallest absolute Gasteiger partial charge is 0.155 e. The van der Waals surface area contributed by atoms with Gasteiger partial charge in [0.25, 0.3) is 0 Å². The van der Waals surface area contributed by atoms with Crippen LogP contribution in [0.2, 0.25) is 0 Å². The lowest BCUT2D eigenvalue weighted by Gasteiger charge is -2.63. The van der Waals surface area contributed by atoms with Crippen molar-refractivity contribution in [3.63, 3.8) is 0 Å². The molecule has 4 aliphatic rings. The monoisotopic (exact) mass is 336 g/mol. The maximum absolute atomic E-state index is 16.6. The number of allylic oxidation sites excluding steroid dienone is 1. The van der Waals surface area contributed by atoms with Gasteiger partial charge in [-0.05, 0) is 57.4 Å². The van der Waals surface area contributed by atoms with Crippen LogP contribution in [-0.4, -0.2) is 33.4 Å². The SMILES string of the molecule is CC12CCC(=O)C=C1CCC1C3CC[C@@](C)(O)C3(C)CC(O)[C@@]12F. The van der Waals surface area contributed by atoms with Gasteiger partial charge in [-0.25, -0.2) is 4.39 Å². The van der Waals surface area contributed by atoms with Gasteiger partial charge in [-0.1, -0.05) is 19.4 Å². The minimum absolute atomic E-state index is 0.0865. The topological polar surface area (TPSA) is 57.5 Å². The molecule has 7 atom stereocenters. The summed E-state index contributed by atoms with van der Waals surface area (Å²) in [6.07, 6.45) is 4.60. The van der Waals surface area contributed by atoms with Crippen LogP contribution < -0.4 is 0 Å². The van der Waals surface area contributed by atoms with Crippen LogP contribution >= 0.6 is 0 Å². The Morgan fingerprint density at radius 3 is 2.54 bits per heavy atom. The molecule has 2 N–H and O–H groups in total. The van der Waals surface area contributed by atoms with Gasteiger partial charge in [0.15, 0.2) is 5.78 Å². The van der Waals surface area contributed by atoms with Crippen LogP contribution in [0.5, 0.6) is 0 Å². The van der Waals surface area contributed by atoms with Crippen molar-refractivity contribution < 1.29 is 19.4 Å². The summed E-state index contributed by atoms with van der Waals surface area (Å²) in [4.78, 5) is 11.8. The van der Waals surface area contributed by atoms with Crippen molar-refractivity contribution in [2.24, 2.45) is 22.7 Å². The van der Waals surface area contributed by atoms with E-state index in [0.717, 1.165) is 18.4 Å². The molecular formula is C20H29FO3. The van der Waals surface area contributed by atoms with Crippen LogP contribution in [0.1, 0.15) is 65.7 Å². The fourth-order valence-corrected chi connectivity index (χ4v) is 6.79. The minimum atomic E-state index is -1.69. The average molecular weight is 336 g/mol. The third-order valence-electron chi connectivity index (χ3n) is 8.60. The zero-order valence-electron chi connectivity index (χ0n) is 14.9. The highest BCUT2D eigenvalue weighted by atomic mass is 19.1. The summed E-state index contributed by atoms with van der Waals surface area (Å²) in [7, 11) is 0. The Labute approximate surface area is 143 Å².